The lowest BCUT2D eigenvalue weighted by atomic mass is 9.79. The minimum atomic E-state index is 0.250. The fraction of sp³-hybridized carbons (Fsp3) is 1.00. The average Bonchev–Trinajstić information content (AvgIpc) is 2.08. The van der Waals surface area contributed by atoms with E-state index in [9.17, 15) is 0 Å². The summed E-state index contributed by atoms with van der Waals surface area (Å²) in [6.45, 7) is 17.4. The van der Waals surface area contributed by atoms with Crippen LogP contribution >= 0.6 is 0 Å². The molecule has 0 spiro atoms. The van der Waals surface area contributed by atoms with E-state index in [0.29, 0.717) is 6.04 Å². The van der Waals surface area contributed by atoms with Gasteiger partial charge in [-0.2, -0.15) is 0 Å². The Bertz CT molecular complexity index is 227. The van der Waals surface area contributed by atoms with Crippen molar-refractivity contribution >= 4 is 0 Å². The molecule has 1 heterocycles. The Morgan fingerprint density at radius 1 is 1.06 bits per heavy atom. The van der Waals surface area contributed by atoms with Crippen LogP contribution in [-0.4, -0.2) is 23.7 Å². The van der Waals surface area contributed by atoms with E-state index < -0.39 is 0 Å². The van der Waals surface area contributed by atoms with Gasteiger partial charge in [0.05, 0.1) is 0 Å². The molecule has 0 saturated carbocycles. The van der Waals surface area contributed by atoms with Crippen molar-refractivity contribution in [2.45, 2.75) is 78.4 Å². The summed E-state index contributed by atoms with van der Waals surface area (Å²) in [5.41, 5.74) is 0.501. The van der Waals surface area contributed by atoms with E-state index in [0.717, 1.165) is 18.4 Å². The van der Waals surface area contributed by atoms with Crippen molar-refractivity contribution in [3.05, 3.63) is 0 Å². The summed E-state index contributed by atoms with van der Waals surface area (Å²) in [5.74, 6) is 1.53. The first kappa shape index (κ1) is 15.0. The van der Waals surface area contributed by atoms with Gasteiger partial charge in [-0.15, -0.1) is 0 Å². The standard InChI is InChI=1S/C15H32N2/c1-11(2)12(3)10-16-13-8-14(4,5)17-15(6,7)9-13/h11-13,16-17H,8-10H2,1-7H3. The van der Waals surface area contributed by atoms with Crippen molar-refractivity contribution in [3.8, 4) is 0 Å². The summed E-state index contributed by atoms with van der Waals surface area (Å²) >= 11 is 0. The molecule has 0 bridgehead atoms. The SMILES string of the molecule is CC(C)C(C)CNC1CC(C)(C)NC(C)(C)C1. The number of piperidine rings is 1. The molecule has 102 valence electrons. The third-order valence-corrected chi connectivity index (χ3v) is 4.06. The first-order valence-corrected chi connectivity index (χ1v) is 7.14. The second-order valence-corrected chi connectivity index (χ2v) is 7.63. The van der Waals surface area contributed by atoms with Gasteiger partial charge < -0.3 is 10.6 Å². The summed E-state index contributed by atoms with van der Waals surface area (Å²) in [4.78, 5) is 0. The molecule has 1 aliphatic rings. The number of hydrogen-bond donors (Lipinski definition) is 2. The lowest BCUT2D eigenvalue weighted by molar-refractivity contribution is 0.142. The lowest BCUT2D eigenvalue weighted by Crippen LogP contribution is -2.61. The Morgan fingerprint density at radius 3 is 1.94 bits per heavy atom. The molecule has 2 N–H and O–H groups in total. The van der Waals surface area contributed by atoms with E-state index in [1.807, 2.05) is 0 Å². The van der Waals surface area contributed by atoms with Crippen molar-refractivity contribution in [1.29, 1.82) is 0 Å². The first-order valence-electron chi connectivity index (χ1n) is 7.14. The van der Waals surface area contributed by atoms with Crippen molar-refractivity contribution in [2.24, 2.45) is 11.8 Å². The smallest absolute Gasteiger partial charge is 0.0144 e. The quantitative estimate of drug-likeness (QED) is 0.788. The molecular weight excluding hydrogens is 208 g/mol. The number of nitrogens with one attached hydrogen (secondary N) is 2. The molecule has 0 amide bonds. The number of hydrogen-bond acceptors (Lipinski definition) is 2. The van der Waals surface area contributed by atoms with Gasteiger partial charge in [-0.1, -0.05) is 20.8 Å². The predicted molar refractivity (Wildman–Crippen MR) is 76.3 cm³/mol. The molecule has 1 atom stereocenters. The Balaban J connectivity index is 2.49. The molecule has 1 rings (SSSR count). The first-order chi connectivity index (χ1) is 7.61. The van der Waals surface area contributed by atoms with E-state index in [1.54, 1.807) is 0 Å². The molecule has 0 radical (unpaired) electrons. The summed E-state index contributed by atoms with van der Waals surface area (Å²) in [5, 5.41) is 7.51. The zero-order valence-electron chi connectivity index (χ0n) is 12.9. The van der Waals surface area contributed by atoms with Crippen LogP contribution in [0, 0.1) is 11.8 Å². The maximum atomic E-state index is 3.77. The molecule has 0 aromatic heterocycles. The molecule has 2 heteroatoms. The van der Waals surface area contributed by atoms with E-state index in [-0.39, 0.29) is 11.1 Å². The van der Waals surface area contributed by atoms with E-state index in [2.05, 4.69) is 59.1 Å². The zero-order chi connectivity index (χ0) is 13.3. The summed E-state index contributed by atoms with van der Waals surface area (Å²) in [6, 6.07) is 0.655. The molecular formula is C15H32N2. The topological polar surface area (TPSA) is 24.1 Å². The van der Waals surface area contributed by atoms with Gasteiger partial charge in [0.15, 0.2) is 0 Å². The highest BCUT2D eigenvalue weighted by Crippen LogP contribution is 2.28. The third kappa shape index (κ3) is 4.97. The minimum Gasteiger partial charge on any atom is -0.314 e. The lowest BCUT2D eigenvalue weighted by Gasteiger charge is -2.47. The molecule has 17 heavy (non-hydrogen) atoms. The van der Waals surface area contributed by atoms with Gasteiger partial charge in [0, 0.05) is 17.1 Å². The van der Waals surface area contributed by atoms with Crippen molar-refractivity contribution in [2.75, 3.05) is 6.54 Å². The average molecular weight is 240 g/mol. The summed E-state index contributed by atoms with van der Waals surface area (Å²) < 4.78 is 0. The predicted octanol–water partition coefficient (Wildman–Crippen LogP) is 3.18. The summed E-state index contributed by atoms with van der Waals surface area (Å²) in [7, 11) is 0. The van der Waals surface area contributed by atoms with Crippen LogP contribution in [0.2, 0.25) is 0 Å². The van der Waals surface area contributed by atoms with Crippen LogP contribution in [0.15, 0.2) is 0 Å². The highest BCUT2D eigenvalue weighted by Gasteiger charge is 2.37. The van der Waals surface area contributed by atoms with Crippen LogP contribution in [-0.2, 0) is 0 Å². The largest absolute Gasteiger partial charge is 0.314 e. The highest BCUT2D eigenvalue weighted by molar-refractivity contribution is 4.99. The monoisotopic (exact) mass is 240 g/mol. The Kier molecular flexibility index (Phi) is 4.65. The zero-order valence-corrected chi connectivity index (χ0v) is 12.9. The minimum absolute atomic E-state index is 0.250. The van der Waals surface area contributed by atoms with Gasteiger partial charge in [0.25, 0.3) is 0 Å². The maximum absolute atomic E-state index is 3.77. The molecule has 2 nitrogen and oxygen atoms in total. The van der Waals surface area contributed by atoms with Gasteiger partial charge in [-0.3, -0.25) is 0 Å². The Morgan fingerprint density at radius 2 is 1.53 bits per heavy atom. The van der Waals surface area contributed by atoms with Gasteiger partial charge in [-0.25, -0.2) is 0 Å². The van der Waals surface area contributed by atoms with Gasteiger partial charge in [0.2, 0.25) is 0 Å². The van der Waals surface area contributed by atoms with Gasteiger partial charge >= 0.3 is 0 Å². The fourth-order valence-electron chi connectivity index (χ4n) is 3.05. The molecule has 1 fully saturated rings. The van der Waals surface area contributed by atoms with Crippen LogP contribution in [0.5, 0.6) is 0 Å². The van der Waals surface area contributed by atoms with Crippen LogP contribution in [0.1, 0.15) is 61.3 Å². The second-order valence-electron chi connectivity index (χ2n) is 7.63. The molecule has 1 unspecified atom stereocenters. The van der Waals surface area contributed by atoms with Crippen LogP contribution in [0.4, 0.5) is 0 Å². The molecule has 1 aliphatic heterocycles. The van der Waals surface area contributed by atoms with E-state index >= 15 is 0 Å². The normalized spacial score (nSPS) is 26.1. The molecule has 0 aromatic rings. The van der Waals surface area contributed by atoms with Gasteiger partial charge in [0.1, 0.15) is 0 Å². The Hall–Kier alpha value is -0.0800. The molecule has 0 aromatic carbocycles. The van der Waals surface area contributed by atoms with E-state index in [4.69, 9.17) is 0 Å². The number of rotatable bonds is 4. The van der Waals surface area contributed by atoms with Crippen molar-refractivity contribution < 1.29 is 0 Å². The van der Waals surface area contributed by atoms with Crippen LogP contribution in [0.3, 0.4) is 0 Å². The second kappa shape index (κ2) is 5.27. The fourth-order valence-corrected chi connectivity index (χ4v) is 3.05. The van der Waals surface area contributed by atoms with Gasteiger partial charge in [-0.05, 0) is 58.9 Å². The molecule has 1 saturated heterocycles. The Labute approximate surface area is 108 Å². The molecule has 0 aliphatic carbocycles. The van der Waals surface area contributed by atoms with Crippen LogP contribution in [0.25, 0.3) is 0 Å². The highest BCUT2D eigenvalue weighted by atomic mass is 15.1. The summed E-state index contributed by atoms with van der Waals surface area (Å²) in [6.07, 6.45) is 2.45. The van der Waals surface area contributed by atoms with E-state index in [1.165, 1.54) is 12.8 Å². The van der Waals surface area contributed by atoms with Crippen LogP contribution < -0.4 is 10.6 Å². The van der Waals surface area contributed by atoms with Crippen molar-refractivity contribution in [3.63, 3.8) is 0 Å². The van der Waals surface area contributed by atoms with Crippen molar-refractivity contribution in [1.82, 2.24) is 10.6 Å². The maximum Gasteiger partial charge on any atom is 0.0144 e. The third-order valence-electron chi connectivity index (χ3n) is 4.06.